The van der Waals surface area contributed by atoms with E-state index >= 15 is 0 Å². The van der Waals surface area contributed by atoms with Crippen molar-refractivity contribution in [1.29, 1.82) is 0 Å². The molecule has 1 unspecified atom stereocenters. The van der Waals surface area contributed by atoms with E-state index in [-0.39, 0.29) is 0 Å². The third kappa shape index (κ3) is 2.35. The number of oxazole rings is 1. The lowest BCUT2D eigenvalue weighted by Gasteiger charge is -2.29. The summed E-state index contributed by atoms with van der Waals surface area (Å²) in [6.45, 7) is 7.56. The van der Waals surface area contributed by atoms with E-state index in [1.54, 1.807) is 6.26 Å². The standard InChI is InChI=1S/C11H18N2O/c1-9-4-3-5-13(6-9)7-11-8-14-10(2)12-11/h8-9H,3-7H2,1-2H3. The lowest BCUT2D eigenvalue weighted by atomic mass is 10.0. The Balaban J connectivity index is 1.90. The van der Waals surface area contributed by atoms with Gasteiger partial charge in [-0.25, -0.2) is 4.98 Å². The number of aromatic nitrogens is 1. The molecule has 1 aliphatic heterocycles. The van der Waals surface area contributed by atoms with Gasteiger partial charge in [0.1, 0.15) is 6.26 Å². The summed E-state index contributed by atoms with van der Waals surface area (Å²) >= 11 is 0. The van der Waals surface area contributed by atoms with Crippen LogP contribution in [0.1, 0.15) is 31.4 Å². The molecule has 3 heteroatoms. The topological polar surface area (TPSA) is 29.3 Å². The van der Waals surface area contributed by atoms with Gasteiger partial charge in [-0.15, -0.1) is 0 Å². The van der Waals surface area contributed by atoms with E-state index in [0.29, 0.717) is 0 Å². The highest BCUT2D eigenvalue weighted by Gasteiger charge is 2.17. The van der Waals surface area contributed by atoms with Crippen LogP contribution < -0.4 is 0 Å². The van der Waals surface area contributed by atoms with Crippen molar-refractivity contribution >= 4 is 0 Å². The van der Waals surface area contributed by atoms with Crippen molar-refractivity contribution < 1.29 is 4.42 Å². The summed E-state index contributed by atoms with van der Waals surface area (Å²) in [4.78, 5) is 6.79. The number of nitrogens with zero attached hydrogens (tertiary/aromatic N) is 2. The first-order valence-corrected chi connectivity index (χ1v) is 5.37. The van der Waals surface area contributed by atoms with Crippen molar-refractivity contribution in [2.45, 2.75) is 33.2 Å². The molecule has 1 aliphatic rings. The lowest BCUT2D eigenvalue weighted by Crippen LogP contribution is -2.33. The number of aryl methyl sites for hydroxylation is 1. The van der Waals surface area contributed by atoms with Gasteiger partial charge in [-0.05, 0) is 25.3 Å². The van der Waals surface area contributed by atoms with Gasteiger partial charge in [0.15, 0.2) is 5.89 Å². The minimum absolute atomic E-state index is 0.769. The SMILES string of the molecule is Cc1nc(CN2CCCC(C)C2)co1. The second-order valence-electron chi connectivity index (χ2n) is 4.34. The van der Waals surface area contributed by atoms with Crippen molar-refractivity contribution in [3.05, 3.63) is 17.8 Å². The molecule has 1 aromatic heterocycles. The fourth-order valence-corrected chi connectivity index (χ4v) is 2.14. The van der Waals surface area contributed by atoms with E-state index in [4.69, 9.17) is 4.42 Å². The molecule has 0 aromatic carbocycles. The summed E-state index contributed by atoms with van der Waals surface area (Å²) in [5.74, 6) is 1.60. The summed E-state index contributed by atoms with van der Waals surface area (Å²) in [5.41, 5.74) is 1.07. The highest BCUT2D eigenvalue weighted by atomic mass is 16.3. The highest BCUT2D eigenvalue weighted by Crippen LogP contribution is 2.17. The number of hydrogen-bond acceptors (Lipinski definition) is 3. The second-order valence-corrected chi connectivity index (χ2v) is 4.34. The average Bonchev–Trinajstić information content (AvgIpc) is 2.51. The van der Waals surface area contributed by atoms with Gasteiger partial charge in [0, 0.05) is 20.0 Å². The van der Waals surface area contributed by atoms with Crippen molar-refractivity contribution in [1.82, 2.24) is 9.88 Å². The molecule has 0 N–H and O–H groups in total. The maximum absolute atomic E-state index is 5.20. The molecule has 0 radical (unpaired) electrons. The minimum atomic E-state index is 0.769. The van der Waals surface area contributed by atoms with Gasteiger partial charge < -0.3 is 4.42 Å². The van der Waals surface area contributed by atoms with Gasteiger partial charge in [-0.3, -0.25) is 4.90 Å². The zero-order valence-electron chi connectivity index (χ0n) is 8.99. The predicted octanol–water partition coefficient (Wildman–Crippen LogP) is 2.21. The molecule has 1 atom stereocenters. The summed E-state index contributed by atoms with van der Waals surface area (Å²) in [5, 5.41) is 0. The largest absolute Gasteiger partial charge is 0.449 e. The first-order chi connectivity index (χ1) is 6.74. The average molecular weight is 194 g/mol. The van der Waals surface area contributed by atoms with Crippen LogP contribution in [0.5, 0.6) is 0 Å². The number of likely N-dealkylation sites (tertiary alicyclic amines) is 1. The molecule has 1 saturated heterocycles. The monoisotopic (exact) mass is 194 g/mol. The van der Waals surface area contributed by atoms with Crippen molar-refractivity contribution in [3.63, 3.8) is 0 Å². The molecular formula is C11H18N2O. The van der Waals surface area contributed by atoms with E-state index in [1.165, 1.54) is 25.9 Å². The third-order valence-corrected chi connectivity index (χ3v) is 2.79. The van der Waals surface area contributed by atoms with Crippen molar-refractivity contribution in [3.8, 4) is 0 Å². The molecule has 3 nitrogen and oxygen atoms in total. The Kier molecular flexibility index (Phi) is 2.87. The Morgan fingerprint density at radius 1 is 1.64 bits per heavy atom. The molecule has 0 saturated carbocycles. The number of piperidine rings is 1. The van der Waals surface area contributed by atoms with Crippen LogP contribution >= 0.6 is 0 Å². The normalized spacial score (nSPS) is 24.0. The lowest BCUT2D eigenvalue weighted by molar-refractivity contribution is 0.175. The number of hydrogen-bond donors (Lipinski definition) is 0. The fraction of sp³-hybridized carbons (Fsp3) is 0.727. The molecule has 1 fully saturated rings. The molecule has 78 valence electrons. The van der Waals surface area contributed by atoms with Gasteiger partial charge >= 0.3 is 0 Å². The Morgan fingerprint density at radius 3 is 3.14 bits per heavy atom. The quantitative estimate of drug-likeness (QED) is 0.723. The van der Waals surface area contributed by atoms with Crippen LogP contribution in [-0.2, 0) is 6.54 Å². The van der Waals surface area contributed by atoms with Crippen LogP contribution in [-0.4, -0.2) is 23.0 Å². The van der Waals surface area contributed by atoms with Gasteiger partial charge in [0.25, 0.3) is 0 Å². The second kappa shape index (κ2) is 4.13. The summed E-state index contributed by atoms with van der Waals surface area (Å²) < 4.78 is 5.20. The Bertz CT molecular complexity index is 295. The Hall–Kier alpha value is -0.830. The van der Waals surface area contributed by atoms with Crippen molar-refractivity contribution in [2.75, 3.05) is 13.1 Å². The molecular weight excluding hydrogens is 176 g/mol. The van der Waals surface area contributed by atoms with Crippen LogP contribution in [0.25, 0.3) is 0 Å². The van der Waals surface area contributed by atoms with Crippen molar-refractivity contribution in [2.24, 2.45) is 5.92 Å². The van der Waals surface area contributed by atoms with Gasteiger partial charge in [-0.2, -0.15) is 0 Å². The molecule has 0 bridgehead atoms. The molecule has 0 aliphatic carbocycles. The van der Waals surface area contributed by atoms with Crippen LogP contribution in [0.2, 0.25) is 0 Å². The minimum Gasteiger partial charge on any atom is -0.449 e. The van der Waals surface area contributed by atoms with Crippen LogP contribution in [0.3, 0.4) is 0 Å². The third-order valence-electron chi connectivity index (χ3n) is 2.79. The summed E-state index contributed by atoms with van der Waals surface area (Å²) in [6, 6.07) is 0. The van der Waals surface area contributed by atoms with E-state index in [2.05, 4.69) is 16.8 Å². The van der Waals surface area contributed by atoms with E-state index in [0.717, 1.165) is 24.0 Å². The van der Waals surface area contributed by atoms with Gasteiger partial charge in [-0.1, -0.05) is 6.92 Å². The van der Waals surface area contributed by atoms with E-state index < -0.39 is 0 Å². The summed E-state index contributed by atoms with van der Waals surface area (Å²) in [6.07, 6.45) is 4.46. The van der Waals surface area contributed by atoms with Crippen LogP contribution in [0, 0.1) is 12.8 Å². The molecule has 14 heavy (non-hydrogen) atoms. The highest BCUT2D eigenvalue weighted by molar-refractivity contribution is 4.95. The Labute approximate surface area is 85.1 Å². The molecule has 1 aromatic rings. The molecule has 2 rings (SSSR count). The summed E-state index contributed by atoms with van der Waals surface area (Å²) in [7, 11) is 0. The first-order valence-electron chi connectivity index (χ1n) is 5.37. The maximum atomic E-state index is 5.20. The maximum Gasteiger partial charge on any atom is 0.191 e. The number of rotatable bonds is 2. The van der Waals surface area contributed by atoms with E-state index in [9.17, 15) is 0 Å². The smallest absolute Gasteiger partial charge is 0.191 e. The zero-order valence-corrected chi connectivity index (χ0v) is 8.99. The van der Waals surface area contributed by atoms with Gasteiger partial charge in [0.05, 0.1) is 5.69 Å². The van der Waals surface area contributed by atoms with E-state index in [1.807, 2.05) is 6.92 Å². The molecule has 0 amide bonds. The fourth-order valence-electron chi connectivity index (χ4n) is 2.14. The van der Waals surface area contributed by atoms with Crippen LogP contribution in [0.4, 0.5) is 0 Å². The zero-order chi connectivity index (χ0) is 9.97. The van der Waals surface area contributed by atoms with Gasteiger partial charge in [0.2, 0.25) is 0 Å². The first kappa shape index (κ1) is 9.71. The molecule has 2 heterocycles. The predicted molar refractivity (Wildman–Crippen MR) is 54.9 cm³/mol. The molecule has 0 spiro atoms. The Morgan fingerprint density at radius 2 is 2.50 bits per heavy atom. The van der Waals surface area contributed by atoms with Crippen LogP contribution in [0.15, 0.2) is 10.7 Å².